The SMILES string of the molecule is COc1ccc(C(O[C@@H]2C[C@H](n3ccc(=O)[nH]c3=O)OC2(CO)CO)(c2ccccc2)c2ccccc2)cc1. The number of aromatic nitrogens is 2. The molecule has 1 saturated heterocycles. The van der Waals surface area contributed by atoms with Gasteiger partial charge in [0.1, 0.15) is 23.2 Å². The molecule has 2 atom stereocenters. The molecule has 1 aliphatic rings. The van der Waals surface area contributed by atoms with Gasteiger partial charge in [-0.3, -0.25) is 14.3 Å². The van der Waals surface area contributed by atoms with Crippen molar-refractivity contribution in [1.82, 2.24) is 9.55 Å². The van der Waals surface area contributed by atoms with Crippen LogP contribution < -0.4 is 16.0 Å². The number of H-pyrrole nitrogens is 1. The van der Waals surface area contributed by atoms with E-state index in [1.807, 2.05) is 84.9 Å². The fourth-order valence-corrected chi connectivity index (χ4v) is 5.19. The summed E-state index contributed by atoms with van der Waals surface area (Å²) in [7, 11) is 1.60. The van der Waals surface area contributed by atoms with E-state index in [0.717, 1.165) is 16.7 Å². The normalized spacial score (nSPS) is 18.6. The Balaban J connectivity index is 1.69. The van der Waals surface area contributed by atoms with Crippen molar-refractivity contribution in [3.05, 3.63) is 135 Å². The third kappa shape index (κ3) is 4.81. The van der Waals surface area contributed by atoms with E-state index in [4.69, 9.17) is 14.2 Å². The number of aliphatic hydroxyl groups excluding tert-OH is 2. The largest absolute Gasteiger partial charge is 0.497 e. The summed E-state index contributed by atoms with van der Waals surface area (Å²) in [6, 6.07) is 28.0. The number of nitrogens with one attached hydrogen (secondary N) is 1. The second-order valence-corrected chi connectivity index (χ2v) is 9.45. The topological polar surface area (TPSA) is 123 Å². The lowest BCUT2D eigenvalue weighted by Gasteiger charge is -2.41. The zero-order valence-corrected chi connectivity index (χ0v) is 21.4. The van der Waals surface area contributed by atoms with Gasteiger partial charge >= 0.3 is 5.69 Å². The zero-order chi connectivity index (χ0) is 27.5. The highest BCUT2D eigenvalue weighted by Gasteiger charge is 2.54. The number of ether oxygens (including phenoxy) is 3. The number of aromatic amines is 1. The summed E-state index contributed by atoms with van der Waals surface area (Å²) in [5.74, 6) is 0.676. The molecule has 4 aromatic rings. The Kier molecular flexibility index (Phi) is 7.49. The Morgan fingerprint density at radius 3 is 1.97 bits per heavy atom. The fourth-order valence-electron chi connectivity index (χ4n) is 5.19. The lowest BCUT2D eigenvalue weighted by Crippen LogP contribution is -2.51. The van der Waals surface area contributed by atoms with Gasteiger partial charge in [0.2, 0.25) is 0 Å². The molecule has 0 bridgehead atoms. The van der Waals surface area contributed by atoms with Crippen LogP contribution in [0.15, 0.2) is 107 Å². The minimum atomic E-state index is -1.54. The summed E-state index contributed by atoms with van der Waals surface area (Å²) in [6.07, 6.45) is -0.332. The molecule has 0 amide bonds. The van der Waals surface area contributed by atoms with Crippen molar-refractivity contribution < 1.29 is 24.4 Å². The Morgan fingerprint density at radius 2 is 1.46 bits per heavy atom. The number of hydrogen-bond donors (Lipinski definition) is 3. The molecule has 9 nitrogen and oxygen atoms in total. The zero-order valence-electron chi connectivity index (χ0n) is 21.4. The van der Waals surface area contributed by atoms with Crippen molar-refractivity contribution in [2.24, 2.45) is 0 Å². The molecule has 9 heteroatoms. The van der Waals surface area contributed by atoms with Crippen molar-refractivity contribution in [2.45, 2.75) is 30.0 Å². The molecule has 202 valence electrons. The quantitative estimate of drug-likeness (QED) is 0.284. The first-order chi connectivity index (χ1) is 19.0. The van der Waals surface area contributed by atoms with Gasteiger partial charge in [0.25, 0.3) is 5.56 Å². The van der Waals surface area contributed by atoms with Crippen LogP contribution in [0.4, 0.5) is 0 Å². The van der Waals surface area contributed by atoms with E-state index in [9.17, 15) is 19.8 Å². The number of nitrogens with zero attached hydrogens (tertiary/aromatic N) is 1. The van der Waals surface area contributed by atoms with E-state index in [1.54, 1.807) is 7.11 Å². The van der Waals surface area contributed by atoms with Gasteiger partial charge in [-0.25, -0.2) is 4.79 Å². The average molecular weight is 531 g/mol. The standard InChI is InChI=1S/C30H30N2O7/c1-37-24-14-12-23(13-15-24)30(21-8-4-2-5-9-21,22-10-6-3-7-11-22)38-25-18-27(39-29(25,19-33)20-34)32-17-16-26(35)31-28(32)36/h2-17,25,27,33-34H,18-20H2,1H3,(H,31,35,36)/t25-,27-/m1/s1. The first kappa shape index (κ1) is 26.6. The lowest BCUT2D eigenvalue weighted by atomic mass is 9.79. The van der Waals surface area contributed by atoms with E-state index in [-0.39, 0.29) is 6.42 Å². The van der Waals surface area contributed by atoms with Gasteiger partial charge in [-0.05, 0) is 28.8 Å². The molecule has 1 aromatic heterocycles. The van der Waals surface area contributed by atoms with Gasteiger partial charge in [0.15, 0.2) is 0 Å². The van der Waals surface area contributed by atoms with Crippen LogP contribution in [0, 0.1) is 0 Å². The summed E-state index contributed by atoms with van der Waals surface area (Å²) >= 11 is 0. The summed E-state index contributed by atoms with van der Waals surface area (Å²) in [5.41, 5.74) is -1.51. The van der Waals surface area contributed by atoms with Crippen molar-refractivity contribution >= 4 is 0 Å². The van der Waals surface area contributed by atoms with Crippen LogP contribution in [0.1, 0.15) is 29.3 Å². The lowest BCUT2D eigenvalue weighted by molar-refractivity contribution is -0.180. The predicted octanol–water partition coefficient (Wildman–Crippen LogP) is 2.56. The van der Waals surface area contributed by atoms with Gasteiger partial charge in [0, 0.05) is 18.7 Å². The second-order valence-electron chi connectivity index (χ2n) is 9.45. The summed E-state index contributed by atoms with van der Waals surface area (Å²) in [6.45, 7) is -1.13. The Morgan fingerprint density at radius 1 is 0.897 bits per heavy atom. The predicted molar refractivity (Wildman–Crippen MR) is 144 cm³/mol. The van der Waals surface area contributed by atoms with Crippen molar-refractivity contribution in [2.75, 3.05) is 20.3 Å². The molecule has 0 radical (unpaired) electrons. The first-order valence-electron chi connectivity index (χ1n) is 12.6. The van der Waals surface area contributed by atoms with Crippen LogP contribution in [0.2, 0.25) is 0 Å². The van der Waals surface area contributed by atoms with Crippen molar-refractivity contribution in [1.29, 1.82) is 0 Å². The summed E-state index contributed by atoms with van der Waals surface area (Å²) in [4.78, 5) is 26.4. The molecular formula is C30H30N2O7. The van der Waals surface area contributed by atoms with Crippen LogP contribution in [0.5, 0.6) is 5.75 Å². The second kappa shape index (κ2) is 11.0. The molecule has 3 N–H and O–H groups in total. The van der Waals surface area contributed by atoms with Crippen molar-refractivity contribution in [3.63, 3.8) is 0 Å². The van der Waals surface area contributed by atoms with Gasteiger partial charge in [0.05, 0.1) is 26.4 Å². The highest BCUT2D eigenvalue weighted by atomic mass is 16.6. The van der Waals surface area contributed by atoms with Gasteiger partial charge in [-0.1, -0.05) is 72.8 Å². The van der Waals surface area contributed by atoms with Crippen LogP contribution in [-0.4, -0.2) is 51.8 Å². The number of benzene rings is 3. The molecule has 3 aromatic carbocycles. The van der Waals surface area contributed by atoms with Crippen LogP contribution in [-0.2, 0) is 15.1 Å². The van der Waals surface area contributed by atoms with Crippen LogP contribution in [0.25, 0.3) is 0 Å². The molecule has 0 aliphatic carbocycles. The minimum Gasteiger partial charge on any atom is -0.497 e. The van der Waals surface area contributed by atoms with E-state index < -0.39 is 48.0 Å². The Labute approximate surface area is 224 Å². The van der Waals surface area contributed by atoms with Gasteiger partial charge in [-0.15, -0.1) is 0 Å². The maximum absolute atomic E-state index is 12.6. The number of methoxy groups -OCH3 is 1. The molecule has 1 aliphatic heterocycles. The van der Waals surface area contributed by atoms with Crippen LogP contribution in [0.3, 0.4) is 0 Å². The van der Waals surface area contributed by atoms with Gasteiger partial charge in [-0.2, -0.15) is 0 Å². The van der Waals surface area contributed by atoms with E-state index in [1.165, 1.54) is 16.8 Å². The molecule has 0 spiro atoms. The number of hydrogen-bond acceptors (Lipinski definition) is 7. The molecule has 1 fully saturated rings. The maximum Gasteiger partial charge on any atom is 0.330 e. The molecule has 5 rings (SSSR count). The molecule has 2 heterocycles. The third-order valence-electron chi connectivity index (χ3n) is 7.25. The first-order valence-corrected chi connectivity index (χ1v) is 12.6. The van der Waals surface area contributed by atoms with Crippen molar-refractivity contribution in [3.8, 4) is 5.75 Å². The monoisotopic (exact) mass is 530 g/mol. The van der Waals surface area contributed by atoms with E-state index >= 15 is 0 Å². The fraction of sp³-hybridized carbons (Fsp3) is 0.267. The Bertz CT molecular complexity index is 1460. The Hall–Kier alpha value is -4.02. The summed E-state index contributed by atoms with van der Waals surface area (Å²) < 4.78 is 19.8. The average Bonchev–Trinajstić information content (AvgIpc) is 3.35. The maximum atomic E-state index is 12.6. The molecule has 39 heavy (non-hydrogen) atoms. The smallest absolute Gasteiger partial charge is 0.330 e. The van der Waals surface area contributed by atoms with E-state index in [2.05, 4.69) is 4.98 Å². The number of rotatable bonds is 9. The highest BCUT2D eigenvalue weighted by Crippen LogP contribution is 2.47. The number of aliphatic hydroxyl groups is 2. The highest BCUT2D eigenvalue weighted by molar-refractivity contribution is 5.48. The minimum absolute atomic E-state index is 0.116. The van der Waals surface area contributed by atoms with Crippen LogP contribution >= 0.6 is 0 Å². The third-order valence-corrected chi connectivity index (χ3v) is 7.25. The van der Waals surface area contributed by atoms with Gasteiger partial charge < -0.3 is 24.4 Å². The summed E-state index contributed by atoms with van der Waals surface area (Å²) in [5, 5.41) is 21.0. The molecule has 0 saturated carbocycles. The molecule has 0 unspecified atom stereocenters. The van der Waals surface area contributed by atoms with E-state index in [0.29, 0.717) is 5.75 Å². The molecular weight excluding hydrogens is 500 g/mol.